The monoisotopic (exact) mass is 363 g/mol. The Morgan fingerprint density at radius 3 is 2.70 bits per heavy atom. The number of nitrogens with zero attached hydrogens (tertiary/aromatic N) is 2. The van der Waals surface area contributed by atoms with Crippen molar-refractivity contribution in [2.75, 3.05) is 0 Å². The van der Waals surface area contributed by atoms with Crippen molar-refractivity contribution in [3.63, 3.8) is 0 Å². The molecule has 0 radical (unpaired) electrons. The van der Waals surface area contributed by atoms with Crippen molar-refractivity contribution in [2.45, 2.75) is 12.8 Å². The fraction of sp³-hybridized carbons (Fsp3) is 0.100. The van der Waals surface area contributed by atoms with Gasteiger partial charge in [-0.3, -0.25) is 14.9 Å². The molecule has 3 aromatic rings. The number of nitrogens with one attached hydrogen (secondary N) is 1. The number of carbonyl (C=O) groups is 1. The Kier molecular flexibility index (Phi) is 5.73. The van der Waals surface area contributed by atoms with Crippen LogP contribution in [0, 0.1) is 10.1 Å². The summed E-state index contributed by atoms with van der Waals surface area (Å²) in [5.74, 6) is 0.719. The number of furan rings is 1. The van der Waals surface area contributed by atoms with Gasteiger partial charge >= 0.3 is 0 Å². The molecule has 7 nitrogen and oxygen atoms in total. The van der Waals surface area contributed by atoms with E-state index >= 15 is 0 Å². The quantitative estimate of drug-likeness (QED) is 0.390. The highest BCUT2D eigenvalue weighted by Gasteiger charge is 2.09. The van der Waals surface area contributed by atoms with Gasteiger partial charge in [-0.15, -0.1) is 0 Å². The number of hydrogen-bond acceptors (Lipinski definition) is 5. The fourth-order valence-electron chi connectivity index (χ4n) is 2.48. The molecule has 7 heteroatoms. The Morgan fingerprint density at radius 2 is 1.93 bits per heavy atom. The summed E-state index contributed by atoms with van der Waals surface area (Å²) in [5.41, 5.74) is 4.13. The summed E-state index contributed by atoms with van der Waals surface area (Å²) in [6.45, 7) is 0. The molecule has 1 aromatic heterocycles. The van der Waals surface area contributed by atoms with Crippen molar-refractivity contribution >= 4 is 17.8 Å². The van der Waals surface area contributed by atoms with E-state index < -0.39 is 4.92 Å². The molecule has 0 aliphatic heterocycles. The number of carbonyl (C=O) groups excluding carboxylic acids is 1. The predicted molar refractivity (Wildman–Crippen MR) is 101 cm³/mol. The standard InChI is InChI=1S/C20H17N3O4/c24-20(12-9-15-5-2-1-3-6-15)22-21-14-18-10-11-19(27-18)16-7-4-8-17(13-16)23(25)26/h1-8,10-11,13-14H,9,12H2,(H,22,24). The molecule has 0 unspecified atom stereocenters. The van der Waals surface area contributed by atoms with E-state index in [1.54, 1.807) is 24.3 Å². The fourth-order valence-corrected chi connectivity index (χ4v) is 2.48. The minimum absolute atomic E-state index is 0.00945. The van der Waals surface area contributed by atoms with Gasteiger partial charge in [-0.05, 0) is 24.1 Å². The highest BCUT2D eigenvalue weighted by atomic mass is 16.6. The van der Waals surface area contributed by atoms with Crippen LogP contribution >= 0.6 is 0 Å². The topological polar surface area (TPSA) is 97.7 Å². The van der Waals surface area contributed by atoms with Gasteiger partial charge in [0.1, 0.15) is 11.5 Å². The van der Waals surface area contributed by atoms with E-state index in [9.17, 15) is 14.9 Å². The zero-order valence-corrected chi connectivity index (χ0v) is 14.4. The zero-order valence-electron chi connectivity index (χ0n) is 14.4. The van der Waals surface area contributed by atoms with Gasteiger partial charge in [0.15, 0.2) is 0 Å². The van der Waals surface area contributed by atoms with Crippen molar-refractivity contribution in [2.24, 2.45) is 5.10 Å². The Hall–Kier alpha value is -3.74. The largest absolute Gasteiger partial charge is 0.455 e. The normalized spacial score (nSPS) is 10.8. The average molecular weight is 363 g/mol. The van der Waals surface area contributed by atoms with Crippen LogP contribution in [0.1, 0.15) is 17.7 Å². The molecule has 27 heavy (non-hydrogen) atoms. The maximum Gasteiger partial charge on any atom is 0.270 e. The highest BCUT2D eigenvalue weighted by Crippen LogP contribution is 2.25. The first-order valence-electron chi connectivity index (χ1n) is 8.32. The molecule has 0 fully saturated rings. The molecule has 0 bridgehead atoms. The van der Waals surface area contributed by atoms with E-state index in [2.05, 4.69) is 10.5 Å². The number of amides is 1. The van der Waals surface area contributed by atoms with Gasteiger partial charge in [0, 0.05) is 24.1 Å². The van der Waals surface area contributed by atoms with E-state index in [1.165, 1.54) is 18.3 Å². The third kappa shape index (κ3) is 5.12. The van der Waals surface area contributed by atoms with Gasteiger partial charge in [0.25, 0.3) is 5.69 Å². The summed E-state index contributed by atoms with van der Waals surface area (Å²) in [5, 5.41) is 14.7. The minimum Gasteiger partial charge on any atom is -0.455 e. The highest BCUT2D eigenvalue weighted by molar-refractivity contribution is 5.81. The molecule has 1 amide bonds. The Bertz CT molecular complexity index is 964. The molecule has 2 aromatic carbocycles. The maximum atomic E-state index is 11.8. The van der Waals surface area contributed by atoms with E-state index in [0.717, 1.165) is 5.56 Å². The van der Waals surface area contributed by atoms with Crippen molar-refractivity contribution in [3.05, 3.63) is 88.2 Å². The van der Waals surface area contributed by atoms with Crippen LogP contribution in [0.4, 0.5) is 5.69 Å². The van der Waals surface area contributed by atoms with Crippen molar-refractivity contribution in [3.8, 4) is 11.3 Å². The lowest BCUT2D eigenvalue weighted by molar-refractivity contribution is -0.384. The molecular weight excluding hydrogens is 346 g/mol. The van der Waals surface area contributed by atoms with Gasteiger partial charge in [0.05, 0.1) is 11.1 Å². The molecule has 1 heterocycles. The van der Waals surface area contributed by atoms with Crippen molar-refractivity contribution in [1.82, 2.24) is 5.43 Å². The molecule has 0 saturated heterocycles. The van der Waals surface area contributed by atoms with Crippen LogP contribution in [0.2, 0.25) is 0 Å². The minimum atomic E-state index is -0.459. The number of hydrazone groups is 1. The summed E-state index contributed by atoms with van der Waals surface area (Å²) >= 11 is 0. The van der Waals surface area contributed by atoms with Gasteiger partial charge in [-0.1, -0.05) is 42.5 Å². The number of aryl methyl sites for hydroxylation is 1. The van der Waals surface area contributed by atoms with Crippen LogP contribution in [-0.2, 0) is 11.2 Å². The van der Waals surface area contributed by atoms with Gasteiger partial charge in [0.2, 0.25) is 5.91 Å². The van der Waals surface area contributed by atoms with Crippen LogP contribution in [0.15, 0.2) is 76.2 Å². The van der Waals surface area contributed by atoms with Crippen LogP contribution in [0.5, 0.6) is 0 Å². The molecular formula is C20H17N3O4. The molecule has 1 N–H and O–H groups in total. The second-order valence-electron chi connectivity index (χ2n) is 5.79. The predicted octanol–water partition coefficient (Wildman–Crippen LogP) is 3.94. The summed E-state index contributed by atoms with van der Waals surface area (Å²) in [6, 6.07) is 19.3. The summed E-state index contributed by atoms with van der Waals surface area (Å²) in [4.78, 5) is 22.2. The number of rotatable bonds is 7. The Labute approximate surface area is 155 Å². The van der Waals surface area contributed by atoms with E-state index in [4.69, 9.17) is 4.42 Å². The summed E-state index contributed by atoms with van der Waals surface area (Å²) in [6.07, 6.45) is 2.36. The first-order valence-corrected chi connectivity index (χ1v) is 8.32. The first kappa shape index (κ1) is 18.1. The van der Waals surface area contributed by atoms with Crippen molar-refractivity contribution < 1.29 is 14.1 Å². The average Bonchev–Trinajstić information content (AvgIpc) is 3.16. The van der Waals surface area contributed by atoms with Gasteiger partial charge in [-0.25, -0.2) is 5.43 Å². The van der Waals surface area contributed by atoms with Crippen LogP contribution in [-0.4, -0.2) is 17.0 Å². The number of hydrogen-bond donors (Lipinski definition) is 1. The van der Waals surface area contributed by atoms with Gasteiger partial charge in [-0.2, -0.15) is 5.10 Å². The molecule has 0 atom stereocenters. The zero-order chi connectivity index (χ0) is 19.1. The molecule has 3 rings (SSSR count). The van der Waals surface area contributed by atoms with Crippen LogP contribution < -0.4 is 5.43 Å². The molecule has 0 aliphatic carbocycles. The van der Waals surface area contributed by atoms with E-state index in [0.29, 0.717) is 29.9 Å². The number of nitro benzene ring substituents is 1. The Morgan fingerprint density at radius 1 is 1.11 bits per heavy atom. The third-order valence-corrected chi connectivity index (χ3v) is 3.83. The molecule has 0 saturated carbocycles. The second-order valence-corrected chi connectivity index (χ2v) is 5.79. The lowest BCUT2D eigenvalue weighted by Crippen LogP contribution is -2.17. The lowest BCUT2D eigenvalue weighted by Gasteiger charge is -2.00. The first-order chi connectivity index (χ1) is 13.1. The summed E-state index contributed by atoms with van der Waals surface area (Å²) in [7, 11) is 0. The van der Waals surface area contributed by atoms with E-state index in [1.807, 2.05) is 30.3 Å². The number of nitro groups is 1. The number of non-ortho nitro benzene ring substituents is 1. The SMILES string of the molecule is O=C(CCc1ccccc1)NN=Cc1ccc(-c2cccc([N+](=O)[O-])c2)o1. The molecule has 136 valence electrons. The molecule has 0 aliphatic rings. The van der Waals surface area contributed by atoms with E-state index in [-0.39, 0.29) is 11.6 Å². The molecule has 0 spiro atoms. The Balaban J connectivity index is 1.55. The van der Waals surface area contributed by atoms with Gasteiger partial charge < -0.3 is 4.42 Å². The van der Waals surface area contributed by atoms with Crippen LogP contribution in [0.3, 0.4) is 0 Å². The van der Waals surface area contributed by atoms with Crippen molar-refractivity contribution in [1.29, 1.82) is 0 Å². The number of benzene rings is 2. The maximum absolute atomic E-state index is 11.8. The third-order valence-electron chi connectivity index (χ3n) is 3.83. The lowest BCUT2D eigenvalue weighted by atomic mass is 10.1. The second kappa shape index (κ2) is 8.57. The van der Waals surface area contributed by atoms with Crippen LogP contribution in [0.25, 0.3) is 11.3 Å². The summed E-state index contributed by atoms with van der Waals surface area (Å²) < 4.78 is 5.59. The smallest absolute Gasteiger partial charge is 0.270 e.